The SMILES string of the molecule is CC1(C)OC(=O)C(=CI)C(=O)O1. The van der Waals surface area contributed by atoms with E-state index in [9.17, 15) is 9.59 Å². The van der Waals surface area contributed by atoms with Gasteiger partial charge in [0.05, 0.1) is 0 Å². The number of carbonyl (C=O) groups is 2. The van der Waals surface area contributed by atoms with Gasteiger partial charge >= 0.3 is 11.9 Å². The summed E-state index contributed by atoms with van der Waals surface area (Å²) in [6.45, 7) is 3.01. The smallest absolute Gasteiger partial charge is 0.349 e. The van der Waals surface area contributed by atoms with Crippen LogP contribution in [-0.2, 0) is 19.1 Å². The Morgan fingerprint density at radius 2 is 1.67 bits per heavy atom. The number of carbonyl (C=O) groups excluding carboxylic acids is 2. The largest absolute Gasteiger partial charge is 0.419 e. The summed E-state index contributed by atoms with van der Waals surface area (Å²) < 4.78 is 10.9. The average molecular weight is 282 g/mol. The van der Waals surface area contributed by atoms with Crippen LogP contribution in [0.2, 0.25) is 0 Å². The fraction of sp³-hybridized carbons (Fsp3) is 0.429. The fourth-order valence-corrected chi connectivity index (χ4v) is 1.26. The molecule has 66 valence electrons. The summed E-state index contributed by atoms with van der Waals surface area (Å²) in [6.07, 6.45) is 0. The maximum absolute atomic E-state index is 11.1. The maximum Gasteiger partial charge on any atom is 0.349 e. The molecule has 5 heteroatoms. The molecule has 1 heterocycles. The van der Waals surface area contributed by atoms with Crippen LogP contribution in [0.1, 0.15) is 13.8 Å². The summed E-state index contributed by atoms with van der Waals surface area (Å²) in [6, 6.07) is 0. The maximum atomic E-state index is 11.1. The minimum absolute atomic E-state index is 0.0603. The van der Waals surface area contributed by atoms with Crippen molar-refractivity contribution in [3.8, 4) is 0 Å². The highest BCUT2D eigenvalue weighted by Crippen LogP contribution is 2.22. The lowest BCUT2D eigenvalue weighted by molar-refractivity contribution is -0.222. The minimum atomic E-state index is -1.14. The zero-order chi connectivity index (χ0) is 9.35. The molecule has 0 aromatic heterocycles. The van der Waals surface area contributed by atoms with Gasteiger partial charge in [0.2, 0.25) is 0 Å². The van der Waals surface area contributed by atoms with Gasteiger partial charge in [-0.3, -0.25) is 0 Å². The molecule has 0 aliphatic carbocycles. The molecule has 1 aliphatic rings. The topological polar surface area (TPSA) is 52.6 Å². The lowest BCUT2D eigenvalue weighted by Gasteiger charge is -2.29. The van der Waals surface area contributed by atoms with Crippen molar-refractivity contribution < 1.29 is 19.1 Å². The van der Waals surface area contributed by atoms with E-state index in [4.69, 9.17) is 9.47 Å². The first-order valence-electron chi connectivity index (χ1n) is 3.23. The average Bonchev–Trinajstić information content (AvgIpc) is 1.82. The van der Waals surface area contributed by atoms with Crippen molar-refractivity contribution >= 4 is 34.5 Å². The van der Waals surface area contributed by atoms with E-state index in [2.05, 4.69) is 0 Å². The Balaban J connectivity index is 2.93. The number of hydrogen-bond donors (Lipinski definition) is 0. The van der Waals surface area contributed by atoms with Crippen LogP contribution in [0.15, 0.2) is 9.66 Å². The van der Waals surface area contributed by atoms with Gasteiger partial charge in [-0.25, -0.2) is 9.59 Å². The van der Waals surface area contributed by atoms with Crippen molar-refractivity contribution in [2.45, 2.75) is 19.6 Å². The molecule has 12 heavy (non-hydrogen) atoms. The zero-order valence-corrected chi connectivity index (χ0v) is 8.75. The monoisotopic (exact) mass is 282 g/mol. The first kappa shape index (κ1) is 9.50. The van der Waals surface area contributed by atoms with Gasteiger partial charge in [0.25, 0.3) is 5.79 Å². The second-order valence-electron chi connectivity index (χ2n) is 2.70. The van der Waals surface area contributed by atoms with Crippen molar-refractivity contribution in [2.75, 3.05) is 0 Å². The number of ether oxygens (including phenoxy) is 2. The van der Waals surface area contributed by atoms with Gasteiger partial charge in [-0.1, -0.05) is 22.6 Å². The van der Waals surface area contributed by atoms with Crippen molar-refractivity contribution in [2.24, 2.45) is 0 Å². The minimum Gasteiger partial charge on any atom is -0.419 e. The summed E-state index contributed by atoms with van der Waals surface area (Å²) in [5.74, 6) is -2.41. The number of halogens is 1. The summed E-state index contributed by atoms with van der Waals surface area (Å²) in [7, 11) is 0. The van der Waals surface area contributed by atoms with Crippen LogP contribution in [0.25, 0.3) is 0 Å². The molecule has 1 saturated heterocycles. The molecule has 0 aromatic rings. The molecule has 1 rings (SSSR count). The molecule has 0 N–H and O–H groups in total. The third-order valence-electron chi connectivity index (χ3n) is 1.23. The Morgan fingerprint density at radius 1 is 1.25 bits per heavy atom. The summed E-state index contributed by atoms with van der Waals surface area (Å²) >= 11 is 1.79. The molecule has 0 aromatic carbocycles. The van der Waals surface area contributed by atoms with Crippen LogP contribution in [0, 0.1) is 0 Å². The quantitative estimate of drug-likeness (QED) is 0.289. The van der Waals surface area contributed by atoms with Crippen LogP contribution in [-0.4, -0.2) is 17.7 Å². The Labute approximate surface area is 83.0 Å². The summed E-state index contributed by atoms with van der Waals surface area (Å²) in [4.78, 5) is 22.1. The van der Waals surface area contributed by atoms with Gasteiger partial charge in [-0.05, 0) is 4.08 Å². The van der Waals surface area contributed by atoms with E-state index >= 15 is 0 Å². The molecule has 0 bridgehead atoms. The molecule has 0 spiro atoms. The van der Waals surface area contributed by atoms with E-state index in [0.29, 0.717) is 0 Å². The van der Waals surface area contributed by atoms with Gasteiger partial charge in [0, 0.05) is 13.8 Å². The first-order chi connectivity index (χ1) is 5.46. The summed E-state index contributed by atoms with van der Waals surface area (Å²) in [5, 5.41) is 0. The Bertz CT molecular complexity index is 245. The normalized spacial score (nSPS) is 21.4. The second-order valence-corrected chi connectivity index (χ2v) is 3.32. The molecule has 1 aliphatic heterocycles. The third-order valence-corrected chi connectivity index (χ3v) is 1.85. The Hall–Kier alpha value is -0.590. The van der Waals surface area contributed by atoms with Crippen molar-refractivity contribution in [3.05, 3.63) is 9.66 Å². The number of esters is 2. The zero-order valence-electron chi connectivity index (χ0n) is 6.59. The van der Waals surface area contributed by atoms with Crippen LogP contribution in [0.4, 0.5) is 0 Å². The van der Waals surface area contributed by atoms with E-state index < -0.39 is 17.7 Å². The fourth-order valence-electron chi connectivity index (χ4n) is 0.750. The lowest BCUT2D eigenvalue weighted by Crippen LogP contribution is -2.41. The van der Waals surface area contributed by atoms with Crippen LogP contribution in [0.3, 0.4) is 0 Å². The van der Waals surface area contributed by atoms with Gasteiger partial charge in [-0.2, -0.15) is 0 Å². The van der Waals surface area contributed by atoms with Crippen LogP contribution >= 0.6 is 22.6 Å². The van der Waals surface area contributed by atoms with E-state index in [1.165, 1.54) is 17.9 Å². The predicted molar refractivity (Wildman–Crippen MR) is 48.4 cm³/mol. The molecule has 0 radical (unpaired) electrons. The van der Waals surface area contributed by atoms with Gasteiger partial charge in [0.1, 0.15) is 0 Å². The van der Waals surface area contributed by atoms with E-state index in [1.54, 1.807) is 22.6 Å². The molecular weight excluding hydrogens is 275 g/mol. The molecule has 0 unspecified atom stereocenters. The molecule has 0 amide bonds. The van der Waals surface area contributed by atoms with Crippen molar-refractivity contribution in [1.29, 1.82) is 0 Å². The van der Waals surface area contributed by atoms with E-state index in [1.807, 2.05) is 0 Å². The lowest BCUT2D eigenvalue weighted by atomic mass is 10.2. The van der Waals surface area contributed by atoms with E-state index in [0.717, 1.165) is 0 Å². The van der Waals surface area contributed by atoms with E-state index in [-0.39, 0.29) is 5.57 Å². The van der Waals surface area contributed by atoms with Crippen molar-refractivity contribution in [1.82, 2.24) is 0 Å². The number of rotatable bonds is 0. The molecule has 1 fully saturated rings. The first-order valence-corrected chi connectivity index (χ1v) is 4.48. The molecule has 0 atom stereocenters. The highest BCUT2D eigenvalue weighted by atomic mass is 127. The third kappa shape index (κ3) is 1.77. The molecular formula is C7H7IO4. The highest BCUT2D eigenvalue weighted by Gasteiger charge is 2.38. The van der Waals surface area contributed by atoms with Crippen molar-refractivity contribution in [3.63, 3.8) is 0 Å². The van der Waals surface area contributed by atoms with Crippen LogP contribution < -0.4 is 0 Å². The predicted octanol–water partition coefficient (Wildman–Crippen LogP) is 1.14. The Morgan fingerprint density at radius 3 is 2.00 bits per heavy atom. The standard InChI is InChI=1S/C7H7IO4/c1-7(2)11-5(9)4(3-8)6(10)12-7/h3H,1-2H3. The van der Waals surface area contributed by atoms with Gasteiger partial charge in [-0.15, -0.1) is 0 Å². The molecule has 0 saturated carbocycles. The van der Waals surface area contributed by atoms with Crippen LogP contribution in [0.5, 0.6) is 0 Å². The Kier molecular flexibility index (Phi) is 2.41. The molecule has 4 nitrogen and oxygen atoms in total. The summed E-state index contributed by atoms with van der Waals surface area (Å²) in [5.41, 5.74) is -0.0603. The highest BCUT2D eigenvalue weighted by molar-refractivity contribution is 14.1. The second kappa shape index (κ2) is 3.04. The number of cyclic esters (lactones) is 2. The van der Waals surface area contributed by atoms with Gasteiger partial charge in [0.15, 0.2) is 5.57 Å². The van der Waals surface area contributed by atoms with Gasteiger partial charge < -0.3 is 9.47 Å². The number of hydrogen-bond acceptors (Lipinski definition) is 4.